The highest BCUT2D eigenvalue weighted by atomic mass is 32.2. The van der Waals surface area contributed by atoms with Crippen molar-refractivity contribution in [3.63, 3.8) is 0 Å². The molecule has 0 spiro atoms. The fraction of sp³-hybridized carbons (Fsp3) is 0.250. The van der Waals surface area contributed by atoms with Gasteiger partial charge in [-0.15, -0.1) is 0 Å². The highest BCUT2D eigenvalue weighted by molar-refractivity contribution is 8.18. The van der Waals surface area contributed by atoms with E-state index in [0.717, 1.165) is 16.7 Å². The number of ether oxygens (including phenoxy) is 2. The molecule has 4 amide bonds. The number of anilines is 1. The third kappa shape index (κ3) is 5.83. The van der Waals surface area contributed by atoms with E-state index >= 15 is 0 Å². The molecule has 0 aliphatic carbocycles. The highest BCUT2D eigenvalue weighted by Crippen LogP contribution is 2.34. The van der Waals surface area contributed by atoms with Crippen LogP contribution in [0.2, 0.25) is 0 Å². The Hall–Kier alpha value is -3.63. The van der Waals surface area contributed by atoms with Gasteiger partial charge in [0.15, 0.2) is 6.61 Å². The molecule has 0 atom stereocenters. The molecule has 0 saturated carbocycles. The molecule has 4 rings (SSSR count). The molecule has 2 aliphatic heterocycles. The molecule has 2 fully saturated rings. The Balaban J connectivity index is 1.40. The largest absolute Gasteiger partial charge is 0.483 e. The number of rotatable bonds is 7. The molecule has 9 nitrogen and oxygen atoms in total. The summed E-state index contributed by atoms with van der Waals surface area (Å²) in [7, 11) is 0. The van der Waals surface area contributed by atoms with Gasteiger partial charge in [0.05, 0.1) is 18.1 Å². The van der Waals surface area contributed by atoms with Crippen molar-refractivity contribution in [3.05, 3.63) is 65.1 Å². The Labute approximate surface area is 200 Å². The van der Waals surface area contributed by atoms with Gasteiger partial charge >= 0.3 is 0 Å². The maximum absolute atomic E-state index is 12.8. The zero-order valence-electron chi connectivity index (χ0n) is 18.3. The van der Waals surface area contributed by atoms with Gasteiger partial charge < -0.3 is 19.7 Å². The topological polar surface area (TPSA) is 105 Å². The number of imide groups is 1. The maximum atomic E-state index is 12.8. The number of thioether (sulfide) groups is 1. The second kappa shape index (κ2) is 11.0. The first-order chi connectivity index (χ1) is 16.5. The SMILES string of the molecule is O=C(COc1ccccc1/C=C1\SC(=O)N(CC(=O)N2CCOCC2)C1=O)Nc1ccccc1. The molecule has 0 unspecified atom stereocenters. The summed E-state index contributed by atoms with van der Waals surface area (Å²) < 4.78 is 10.9. The average Bonchev–Trinajstić information content (AvgIpc) is 3.12. The van der Waals surface area contributed by atoms with Gasteiger partial charge in [-0.3, -0.25) is 24.1 Å². The van der Waals surface area contributed by atoms with Crippen molar-refractivity contribution in [1.29, 1.82) is 0 Å². The number of carbonyl (C=O) groups excluding carboxylic acids is 4. The number of morpholine rings is 1. The smallest absolute Gasteiger partial charge is 0.294 e. The van der Waals surface area contributed by atoms with Gasteiger partial charge in [-0.25, -0.2) is 0 Å². The van der Waals surface area contributed by atoms with Crippen molar-refractivity contribution in [2.45, 2.75) is 0 Å². The third-order valence-electron chi connectivity index (χ3n) is 5.15. The summed E-state index contributed by atoms with van der Waals surface area (Å²) in [5.74, 6) is -0.766. The lowest BCUT2D eigenvalue weighted by atomic mass is 10.2. The van der Waals surface area contributed by atoms with E-state index in [9.17, 15) is 19.2 Å². The second-order valence-electron chi connectivity index (χ2n) is 7.50. The number of hydrogen-bond donors (Lipinski definition) is 1. The number of amides is 4. The van der Waals surface area contributed by atoms with E-state index in [2.05, 4.69) is 5.32 Å². The van der Waals surface area contributed by atoms with E-state index in [1.54, 1.807) is 41.3 Å². The minimum atomic E-state index is -0.534. The summed E-state index contributed by atoms with van der Waals surface area (Å²) in [5.41, 5.74) is 1.20. The molecule has 10 heteroatoms. The van der Waals surface area contributed by atoms with Gasteiger partial charge in [0, 0.05) is 24.3 Å². The van der Waals surface area contributed by atoms with Gasteiger partial charge in [0.25, 0.3) is 17.1 Å². The van der Waals surface area contributed by atoms with Gasteiger partial charge in [0.2, 0.25) is 5.91 Å². The predicted molar refractivity (Wildman–Crippen MR) is 127 cm³/mol. The fourth-order valence-electron chi connectivity index (χ4n) is 3.42. The number of nitrogens with one attached hydrogen (secondary N) is 1. The Morgan fingerprint density at radius 2 is 1.74 bits per heavy atom. The van der Waals surface area contributed by atoms with Gasteiger partial charge in [0.1, 0.15) is 12.3 Å². The lowest BCUT2D eigenvalue weighted by molar-refractivity contribution is -0.139. The minimum absolute atomic E-state index is 0.185. The molecule has 34 heavy (non-hydrogen) atoms. The van der Waals surface area contributed by atoms with Crippen molar-refractivity contribution < 1.29 is 28.7 Å². The number of nitrogens with zero attached hydrogens (tertiary/aromatic N) is 2. The van der Waals surface area contributed by atoms with Crippen molar-refractivity contribution in [2.75, 3.05) is 44.8 Å². The lowest BCUT2D eigenvalue weighted by Crippen LogP contribution is -2.46. The molecule has 2 heterocycles. The van der Waals surface area contributed by atoms with Gasteiger partial charge in [-0.1, -0.05) is 36.4 Å². The average molecular weight is 482 g/mol. The normalized spacial score (nSPS) is 17.2. The number of hydrogen-bond acceptors (Lipinski definition) is 7. The van der Waals surface area contributed by atoms with Crippen molar-refractivity contribution in [1.82, 2.24) is 9.80 Å². The van der Waals surface area contributed by atoms with Crippen LogP contribution in [0.1, 0.15) is 5.56 Å². The van der Waals surface area contributed by atoms with Crippen LogP contribution in [0.3, 0.4) is 0 Å². The highest BCUT2D eigenvalue weighted by Gasteiger charge is 2.37. The van der Waals surface area contributed by atoms with Crippen LogP contribution in [-0.4, -0.2) is 72.2 Å². The van der Waals surface area contributed by atoms with E-state index in [1.165, 1.54) is 6.08 Å². The Morgan fingerprint density at radius 3 is 2.50 bits per heavy atom. The quantitative estimate of drug-likeness (QED) is 0.606. The zero-order valence-corrected chi connectivity index (χ0v) is 19.1. The molecular weight excluding hydrogens is 458 g/mol. The van der Waals surface area contributed by atoms with Crippen LogP contribution in [0.25, 0.3) is 6.08 Å². The fourth-order valence-corrected chi connectivity index (χ4v) is 4.25. The van der Waals surface area contributed by atoms with E-state index in [4.69, 9.17) is 9.47 Å². The van der Waals surface area contributed by atoms with Crippen molar-refractivity contribution in [2.24, 2.45) is 0 Å². The molecule has 176 valence electrons. The zero-order chi connectivity index (χ0) is 23.9. The van der Waals surface area contributed by atoms with E-state index < -0.39 is 11.1 Å². The molecular formula is C24H23N3O6S. The summed E-state index contributed by atoms with van der Waals surface area (Å²) in [6.45, 7) is 1.22. The van der Waals surface area contributed by atoms with E-state index in [-0.39, 0.29) is 29.9 Å². The molecule has 0 radical (unpaired) electrons. The van der Waals surface area contributed by atoms with Crippen LogP contribution < -0.4 is 10.1 Å². The predicted octanol–water partition coefficient (Wildman–Crippen LogP) is 2.60. The lowest BCUT2D eigenvalue weighted by Gasteiger charge is -2.28. The second-order valence-corrected chi connectivity index (χ2v) is 8.49. The van der Waals surface area contributed by atoms with Crippen LogP contribution in [0.4, 0.5) is 10.5 Å². The van der Waals surface area contributed by atoms with Crippen LogP contribution in [0.5, 0.6) is 5.75 Å². The number of para-hydroxylation sites is 2. The molecule has 0 bridgehead atoms. The molecule has 2 aromatic rings. The Kier molecular flexibility index (Phi) is 7.61. The first kappa shape index (κ1) is 23.5. The summed E-state index contributed by atoms with van der Waals surface area (Å²) in [4.78, 5) is 52.7. The van der Waals surface area contributed by atoms with Crippen LogP contribution in [0, 0.1) is 0 Å². The first-order valence-electron chi connectivity index (χ1n) is 10.7. The summed E-state index contributed by atoms with van der Waals surface area (Å²) in [5, 5.41) is 2.23. The van der Waals surface area contributed by atoms with Crippen molar-refractivity contribution in [3.8, 4) is 5.75 Å². The van der Waals surface area contributed by atoms with Crippen LogP contribution in [-0.2, 0) is 19.1 Å². The summed E-state index contributed by atoms with van der Waals surface area (Å²) in [6, 6.07) is 15.9. The third-order valence-corrected chi connectivity index (χ3v) is 6.06. The van der Waals surface area contributed by atoms with Crippen LogP contribution >= 0.6 is 11.8 Å². The monoisotopic (exact) mass is 481 g/mol. The van der Waals surface area contributed by atoms with Crippen molar-refractivity contribution >= 4 is 46.5 Å². The summed E-state index contributed by atoms with van der Waals surface area (Å²) in [6.07, 6.45) is 1.54. The molecule has 2 aliphatic rings. The number of benzene rings is 2. The van der Waals surface area contributed by atoms with Gasteiger partial charge in [-0.2, -0.15) is 0 Å². The standard InChI is InChI=1S/C24H23N3O6S/c28-21(25-18-7-2-1-3-8-18)16-33-19-9-5-4-6-17(19)14-20-23(30)27(24(31)34-20)15-22(29)26-10-12-32-13-11-26/h1-9,14H,10-13,15-16H2,(H,25,28)/b20-14-. The van der Waals surface area contributed by atoms with Gasteiger partial charge in [-0.05, 0) is 36.0 Å². The van der Waals surface area contributed by atoms with E-state index in [1.807, 2.05) is 18.2 Å². The minimum Gasteiger partial charge on any atom is -0.483 e. The van der Waals surface area contributed by atoms with E-state index in [0.29, 0.717) is 43.3 Å². The molecule has 2 saturated heterocycles. The molecule has 0 aromatic heterocycles. The first-order valence-corrected chi connectivity index (χ1v) is 11.5. The Morgan fingerprint density at radius 1 is 1.03 bits per heavy atom. The summed E-state index contributed by atoms with van der Waals surface area (Å²) >= 11 is 0.768. The maximum Gasteiger partial charge on any atom is 0.294 e. The molecule has 1 N–H and O–H groups in total. The molecule has 2 aromatic carbocycles. The van der Waals surface area contributed by atoms with Crippen LogP contribution in [0.15, 0.2) is 59.5 Å². The number of carbonyl (C=O) groups is 4. The Bertz CT molecular complexity index is 1110.